The Morgan fingerprint density at radius 3 is 2.19 bits per heavy atom. The highest BCUT2D eigenvalue weighted by atomic mass is 16.7. The average molecular weight is 499 g/mol. The summed E-state index contributed by atoms with van der Waals surface area (Å²) >= 11 is 0. The van der Waals surface area contributed by atoms with Crippen LogP contribution in [0.25, 0.3) is 0 Å². The minimum atomic E-state index is -0.554. The molecule has 1 saturated heterocycles. The first kappa shape index (κ1) is 25.4. The zero-order valence-corrected chi connectivity index (χ0v) is 24.0. The Morgan fingerprint density at radius 2 is 1.53 bits per heavy atom. The molecule has 4 heteroatoms. The van der Waals surface area contributed by atoms with Gasteiger partial charge in [-0.25, -0.2) is 0 Å². The van der Waals surface area contributed by atoms with Gasteiger partial charge in [0.1, 0.15) is 0 Å². The maximum absolute atomic E-state index is 12.8. The summed E-state index contributed by atoms with van der Waals surface area (Å²) in [6.45, 7) is 18.7. The van der Waals surface area contributed by atoms with Gasteiger partial charge in [0.2, 0.25) is 0 Å². The molecule has 6 aliphatic rings. The molecule has 7 atom stereocenters. The molecule has 1 aliphatic heterocycles. The van der Waals surface area contributed by atoms with Gasteiger partial charge in [0.05, 0.1) is 18.6 Å². The van der Waals surface area contributed by atoms with Crippen molar-refractivity contribution in [2.75, 3.05) is 13.2 Å². The van der Waals surface area contributed by atoms with Crippen LogP contribution in [-0.4, -0.2) is 30.1 Å². The third-order valence-electron chi connectivity index (χ3n) is 13.9. The van der Waals surface area contributed by atoms with Crippen LogP contribution in [0.4, 0.5) is 0 Å². The van der Waals surface area contributed by atoms with Crippen molar-refractivity contribution in [3.05, 3.63) is 11.6 Å². The molecule has 6 rings (SSSR count). The second kappa shape index (κ2) is 7.40. The van der Waals surface area contributed by atoms with E-state index in [1.54, 1.807) is 0 Å². The van der Waals surface area contributed by atoms with Crippen molar-refractivity contribution in [2.24, 2.45) is 50.2 Å². The average Bonchev–Trinajstić information content (AvgIpc) is 3.28. The van der Waals surface area contributed by atoms with Crippen molar-refractivity contribution in [3.8, 4) is 0 Å². The van der Waals surface area contributed by atoms with E-state index in [4.69, 9.17) is 9.47 Å². The fourth-order valence-electron chi connectivity index (χ4n) is 11.5. The molecule has 0 aromatic carbocycles. The maximum atomic E-state index is 12.8. The lowest BCUT2D eigenvalue weighted by atomic mass is 9.33. The Bertz CT molecular complexity index is 988. The molecule has 1 N–H and O–H groups in total. The van der Waals surface area contributed by atoms with Crippen LogP contribution >= 0.6 is 0 Å². The van der Waals surface area contributed by atoms with Crippen LogP contribution in [0.1, 0.15) is 113 Å². The molecule has 0 aromatic heterocycles. The smallest absolute Gasteiger partial charge is 0.310 e. The van der Waals surface area contributed by atoms with Crippen molar-refractivity contribution in [2.45, 2.75) is 118 Å². The van der Waals surface area contributed by atoms with Gasteiger partial charge in [0.15, 0.2) is 5.79 Å². The number of ether oxygens (including phenoxy) is 2. The molecule has 0 amide bonds. The molecule has 5 aliphatic carbocycles. The fraction of sp³-hybridized carbons (Fsp3) is 0.906. The molecule has 1 spiro atoms. The van der Waals surface area contributed by atoms with Gasteiger partial charge in [-0.05, 0) is 97.2 Å². The number of rotatable bonds is 1. The lowest BCUT2D eigenvalue weighted by Gasteiger charge is -2.72. The highest BCUT2D eigenvalue weighted by Gasteiger charge is 2.71. The molecule has 0 bridgehead atoms. The number of carboxylic acid groups (broad SMARTS) is 1. The minimum absolute atomic E-state index is 0.0128. The Balaban J connectivity index is 1.41. The van der Waals surface area contributed by atoms with Crippen LogP contribution < -0.4 is 0 Å². The second-order valence-electron chi connectivity index (χ2n) is 15.8. The first-order valence-electron chi connectivity index (χ1n) is 14.9. The zero-order chi connectivity index (χ0) is 26.0. The monoisotopic (exact) mass is 498 g/mol. The molecule has 3 unspecified atom stereocenters. The van der Waals surface area contributed by atoms with Gasteiger partial charge in [-0.3, -0.25) is 4.79 Å². The van der Waals surface area contributed by atoms with Gasteiger partial charge in [-0.1, -0.05) is 60.1 Å². The van der Waals surface area contributed by atoms with Gasteiger partial charge in [0.25, 0.3) is 0 Å². The maximum Gasteiger partial charge on any atom is 0.310 e. The topological polar surface area (TPSA) is 55.8 Å². The number of carboxylic acids is 1. The largest absolute Gasteiger partial charge is 0.481 e. The first-order chi connectivity index (χ1) is 16.7. The molecule has 4 saturated carbocycles. The van der Waals surface area contributed by atoms with Crippen molar-refractivity contribution in [1.29, 1.82) is 0 Å². The Labute approximate surface area is 219 Å². The van der Waals surface area contributed by atoms with Crippen LogP contribution in [0.3, 0.4) is 0 Å². The van der Waals surface area contributed by atoms with Crippen LogP contribution in [-0.2, 0) is 14.3 Å². The highest BCUT2D eigenvalue weighted by Crippen LogP contribution is 2.76. The molecule has 36 heavy (non-hydrogen) atoms. The van der Waals surface area contributed by atoms with E-state index in [2.05, 4.69) is 54.5 Å². The number of hydrogen-bond donors (Lipinski definition) is 1. The van der Waals surface area contributed by atoms with E-state index >= 15 is 0 Å². The van der Waals surface area contributed by atoms with E-state index in [9.17, 15) is 9.90 Å². The minimum Gasteiger partial charge on any atom is -0.481 e. The van der Waals surface area contributed by atoms with Gasteiger partial charge in [0, 0.05) is 11.8 Å². The summed E-state index contributed by atoms with van der Waals surface area (Å²) in [5.41, 5.74) is 1.71. The molecular weight excluding hydrogens is 448 g/mol. The quantitative estimate of drug-likeness (QED) is 0.378. The van der Waals surface area contributed by atoms with Gasteiger partial charge in [-0.15, -0.1) is 0 Å². The predicted molar refractivity (Wildman–Crippen MR) is 141 cm³/mol. The normalized spacial score (nSPS) is 50.3. The number of fused-ring (bicyclic) bond motifs is 7. The van der Waals surface area contributed by atoms with Gasteiger partial charge >= 0.3 is 5.97 Å². The molecule has 0 aromatic rings. The van der Waals surface area contributed by atoms with Crippen molar-refractivity contribution in [1.82, 2.24) is 0 Å². The van der Waals surface area contributed by atoms with Gasteiger partial charge < -0.3 is 14.6 Å². The summed E-state index contributed by atoms with van der Waals surface area (Å²) < 4.78 is 12.8. The van der Waals surface area contributed by atoms with Crippen LogP contribution in [0, 0.1) is 50.2 Å². The van der Waals surface area contributed by atoms with E-state index < -0.39 is 17.2 Å². The van der Waals surface area contributed by atoms with E-state index in [-0.39, 0.29) is 33.0 Å². The summed E-state index contributed by atoms with van der Waals surface area (Å²) in [5, 5.41) is 10.6. The van der Waals surface area contributed by atoms with Crippen molar-refractivity contribution < 1.29 is 19.4 Å². The van der Waals surface area contributed by atoms with Crippen molar-refractivity contribution >= 4 is 5.97 Å². The first-order valence-corrected chi connectivity index (χ1v) is 14.9. The highest BCUT2D eigenvalue weighted by molar-refractivity contribution is 5.76. The van der Waals surface area contributed by atoms with Crippen LogP contribution in [0.15, 0.2) is 11.6 Å². The Hall–Kier alpha value is -0.870. The number of allylic oxidation sites excluding steroid dienone is 2. The lowest BCUT2D eigenvalue weighted by Crippen LogP contribution is -2.67. The van der Waals surface area contributed by atoms with Crippen molar-refractivity contribution in [3.63, 3.8) is 0 Å². The van der Waals surface area contributed by atoms with E-state index in [1.807, 2.05) is 0 Å². The Kier molecular flexibility index (Phi) is 5.23. The zero-order valence-electron chi connectivity index (χ0n) is 24.0. The van der Waals surface area contributed by atoms with E-state index in [0.29, 0.717) is 11.8 Å². The molecule has 1 heterocycles. The number of carbonyl (C=O) groups is 1. The van der Waals surface area contributed by atoms with E-state index in [1.165, 1.54) is 18.4 Å². The standard InChI is InChI=1S/C32H50O4/c1-26(2)12-15-31(25(33)34)16-14-29(6)21(22(31)20-26)8-9-24-28(5)13-17-32(35-18-19-36-32)27(3,4)23(28)10-11-30(24,29)7/h8,22-24H,9-20H2,1-7H3,(H,33,34)/t22?,23?,24?,28-,29+,30+,31-/m0/s1. The number of aliphatic carboxylic acids is 1. The van der Waals surface area contributed by atoms with E-state index in [0.717, 1.165) is 64.6 Å². The number of hydrogen-bond acceptors (Lipinski definition) is 3. The third kappa shape index (κ3) is 2.87. The fourth-order valence-corrected chi connectivity index (χ4v) is 11.5. The second-order valence-corrected chi connectivity index (χ2v) is 15.8. The summed E-state index contributed by atoms with van der Waals surface area (Å²) in [6, 6.07) is 0. The summed E-state index contributed by atoms with van der Waals surface area (Å²) in [5.74, 6) is 0.426. The third-order valence-corrected chi connectivity index (χ3v) is 13.9. The molecule has 4 nitrogen and oxygen atoms in total. The van der Waals surface area contributed by atoms with Crippen LogP contribution in [0.5, 0.6) is 0 Å². The predicted octanol–water partition coefficient (Wildman–Crippen LogP) is 7.62. The van der Waals surface area contributed by atoms with Gasteiger partial charge in [-0.2, -0.15) is 0 Å². The summed E-state index contributed by atoms with van der Waals surface area (Å²) in [7, 11) is 0. The molecule has 202 valence electrons. The molecule has 0 radical (unpaired) electrons. The summed E-state index contributed by atoms with van der Waals surface area (Å²) in [6.07, 6.45) is 13.0. The van der Waals surface area contributed by atoms with Crippen LogP contribution in [0.2, 0.25) is 0 Å². The SMILES string of the molecule is CC1(C)CC[C@]2(C(=O)O)CC[C@]3(C)C(=CCC4[C@@]5(C)CCC6(OCCO6)C(C)(C)C5CC[C@]43C)C2C1. The lowest BCUT2D eigenvalue weighted by molar-refractivity contribution is -0.307. The molecular formula is C32H50O4. The molecule has 5 fully saturated rings. The Morgan fingerprint density at radius 1 is 0.861 bits per heavy atom. The summed E-state index contributed by atoms with van der Waals surface area (Å²) in [4.78, 5) is 12.8.